The zero-order valence-corrected chi connectivity index (χ0v) is 29.3. The molecule has 0 radical (unpaired) electrons. The number of aliphatic carboxylic acids is 1. The summed E-state index contributed by atoms with van der Waals surface area (Å²) in [7, 11) is -1.53. The molecule has 1 atom stereocenters. The van der Waals surface area contributed by atoms with E-state index in [2.05, 4.69) is 65.4 Å². The number of carbonyl (C=O) groups excluding carboxylic acids is 1. The standard InChI is InChI=1S/C23H29N5O9S.C10H14/c1-14(20(29)30)35-19-17(36-16-9-7-6-8-15(16)34-5)18(26-38(32)33)24-21(25-19)27-10-12-28(13-11-27)22(31)37-23(2,3)4;1-10(2,3)9-7-5-4-6-8-9/h6-9,14H,10-13H2,1-5H3,(H,29,30);4-8H,1-3H3. The van der Waals surface area contributed by atoms with Crippen LogP contribution >= 0.6 is 0 Å². The number of aromatic nitrogens is 2. The Morgan fingerprint density at radius 3 is 1.98 bits per heavy atom. The first kappa shape index (κ1) is 37.5. The van der Waals surface area contributed by atoms with Crippen molar-refractivity contribution < 1.29 is 42.1 Å². The third-order valence-corrected chi connectivity index (χ3v) is 7.06. The van der Waals surface area contributed by atoms with Crippen LogP contribution in [-0.4, -0.2) is 85.4 Å². The molecule has 1 fully saturated rings. The summed E-state index contributed by atoms with van der Waals surface area (Å²) in [5, 5.41) is 9.39. The van der Waals surface area contributed by atoms with Gasteiger partial charge in [-0.25, -0.2) is 9.59 Å². The van der Waals surface area contributed by atoms with E-state index >= 15 is 0 Å². The fourth-order valence-electron chi connectivity index (χ4n) is 4.24. The maximum Gasteiger partial charge on any atom is 0.410 e. The van der Waals surface area contributed by atoms with Gasteiger partial charge in [0.1, 0.15) is 5.60 Å². The lowest BCUT2D eigenvalue weighted by atomic mass is 9.87. The highest BCUT2D eigenvalue weighted by atomic mass is 32.2. The average molecular weight is 686 g/mol. The van der Waals surface area contributed by atoms with Gasteiger partial charge in [-0.05, 0) is 50.8 Å². The van der Waals surface area contributed by atoms with Crippen molar-refractivity contribution in [3.05, 3.63) is 60.2 Å². The number of para-hydroxylation sites is 2. The van der Waals surface area contributed by atoms with E-state index in [4.69, 9.17) is 18.9 Å². The molecule has 1 aliphatic heterocycles. The zero-order valence-electron chi connectivity index (χ0n) is 28.5. The van der Waals surface area contributed by atoms with Gasteiger partial charge in [0.05, 0.1) is 7.11 Å². The van der Waals surface area contributed by atoms with E-state index < -0.39 is 40.1 Å². The van der Waals surface area contributed by atoms with Crippen molar-refractivity contribution in [1.29, 1.82) is 0 Å². The highest BCUT2D eigenvalue weighted by molar-refractivity contribution is 7.61. The minimum absolute atomic E-state index is 0.0120. The summed E-state index contributed by atoms with van der Waals surface area (Å²) in [6, 6.07) is 17.1. The van der Waals surface area contributed by atoms with Crippen LogP contribution in [0.4, 0.5) is 16.6 Å². The lowest BCUT2D eigenvalue weighted by Crippen LogP contribution is -2.50. The Balaban J connectivity index is 0.000000533. The first-order chi connectivity index (χ1) is 22.5. The third-order valence-electron chi connectivity index (χ3n) is 6.74. The lowest BCUT2D eigenvalue weighted by molar-refractivity contribution is -0.144. The smallest absolute Gasteiger partial charge is 0.410 e. The maximum atomic E-state index is 12.4. The molecule has 1 amide bonds. The summed E-state index contributed by atoms with van der Waals surface area (Å²) in [6.45, 7) is 14.4. The molecule has 0 bridgehead atoms. The topological polar surface area (TPSA) is 170 Å². The van der Waals surface area contributed by atoms with Gasteiger partial charge in [0.2, 0.25) is 17.5 Å². The molecule has 14 nitrogen and oxygen atoms in total. The van der Waals surface area contributed by atoms with Gasteiger partial charge in [0, 0.05) is 26.2 Å². The molecule has 260 valence electrons. The number of amides is 1. The molecular weight excluding hydrogens is 642 g/mol. The number of piperazine rings is 1. The summed E-state index contributed by atoms with van der Waals surface area (Å²) in [4.78, 5) is 35.7. The first-order valence-corrected chi connectivity index (χ1v) is 16.2. The van der Waals surface area contributed by atoms with Crippen molar-refractivity contribution in [2.24, 2.45) is 4.36 Å². The molecule has 0 spiro atoms. The molecule has 15 heteroatoms. The van der Waals surface area contributed by atoms with E-state index in [-0.39, 0.29) is 49.5 Å². The van der Waals surface area contributed by atoms with Crippen molar-refractivity contribution in [2.45, 2.75) is 65.6 Å². The van der Waals surface area contributed by atoms with Gasteiger partial charge in [-0.15, -0.1) is 4.36 Å². The van der Waals surface area contributed by atoms with E-state index in [1.54, 1.807) is 49.9 Å². The van der Waals surface area contributed by atoms with Crippen molar-refractivity contribution >= 4 is 34.3 Å². The largest absolute Gasteiger partial charge is 0.493 e. The molecule has 2 aromatic carbocycles. The minimum Gasteiger partial charge on any atom is -0.493 e. The molecule has 1 N–H and O–H groups in total. The number of rotatable bonds is 8. The SMILES string of the molecule is CC(C)(C)c1ccccc1.COc1ccccc1Oc1c(N=S(=O)=O)nc(N2CCN(C(=O)OC(C)(C)C)CC2)nc1OC(C)C(=O)O. The Labute approximate surface area is 282 Å². The number of nitrogens with zero attached hydrogens (tertiary/aromatic N) is 5. The number of carbonyl (C=O) groups is 2. The first-order valence-electron chi connectivity index (χ1n) is 15.2. The number of hydrogen-bond donors (Lipinski definition) is 1. The molecule has 2 heterocycles. The van der Waals surface area contributed by atoms with Crippen LogP contribution in [0.15, 0.2) is 59.0 Å². The van der Waals surface area contributed by atoms with Crippen molar-refractivity contribution in [3.8, 4) is 23.1 Å². The van der Waals surface area contributed by atoms with Crippen molar-refractivity contribution in [2.75, 3.05) is 38.2 Å². The number of methoxy groups -OCH3 is 1. The minimum atomic E-state index is -2.94. The lowest BCUT2D eigenvalue weighted by Gasteiger charge is -2.35. The second-order valence-electron chi connectivity index (χ2n) is 12.7. The van der Waals surface area contributed by atoms with Crippen LogP contribution in [0, 0.1) is 0 Å². The van der Waals surface area contributed by atoms with Crippen LogP contribution in [0.1, 0.15) is 54.0 Å². The maximum absolute atomic E-state index is 12.4. The van der Waals surface area contributed by atoms with E-state index in [1.807, 2.05) is 0 Å². The highest BCUT2D eigenvalue weighted by Crippen LogP contribution is 2.42. The number of anilines is 1. The van der Waals surface area contributed by atoms with Gasteiger partial charge in [0.25, 0.3) is 5.88 Å². The molecule has 1 aromatic heterocycles. The number of carboxylic acid groups (broad SMARTS) is 1. The van der Waals surface area contributed by atoms with Crippen LogP contribution in [-0.2, 0) is 25.4 Å². The predicted molar refractivity (Wildman–Crippen MR) is 179 cm³/mol. The quantitative estimate of drug-likeness (QED) is 0.300. The number of benzene rings is 2. The van der Waals surface area contributed by atoms with Gasteiger partial charge in [-0.1, -0.05) is 63.2 Å². The Bertz CT molecular complexity index is 1690. The Morgan fingerprint density at radius 2 is 1.48 bits per heavy atom. The van der Waals surface area contributed by atoms with Crippen LogP contribution in [0.2, 0.25) is 0 Å². The molecule has 3 aromatic rings. The number of ether oxygens (including phenoxy) is 4. The van der Waals surface area contributed by atoms with Gasteiger partial charge in [0.15, 0.2) is 17.6 Å². The molecule has 1 aliphatic rings. The van der Waals surface area contributed by atoms with Gasteiger partial charge >= 0.3 is 22.6 Å². The van der Waals surface area contributed by atoms with Crippen LogP contribution in [0.5, 0.6) is 23.1 Å². The monoisotopic (exact) mass is 685 g/mol. The normalized spacial score (nSPS) is 13.8. The summed E-state index contributed by atoms with van der Waals surface area (Å²) in [5.74, 6) is -1.86. The Kier molecular flexibility index (Phi) is 12.7. The summed E-state index contributed by atoms with van der Waals surface area (Å²) in [5.41, 5.74) is 1.04. The molecular formula is C33H43N5O9S. The summed E-state index contributed by atoms with van der Waals surface area (Å²) in [6.07, 6.45) is -1.83. The Hall–Kier alpha value is -4.92. The van der Waals surface area contributed by atoms with Crippen molar-refractivity contribution in [3.63, 3.8) is 0 Å². The zero-order chi connectivity index (χ0) is 35.6. The number of carboxylic acids is 1. The molecule has 0 saturated carbocycles. The van der Waals surface area contributed by atoms with Gasteiger partial charge in [-0.3, -0.25) is 0 Å². The van der Waals surface area contributed by atoms with Gasteiger partial charge < -0.3 is 33.9 Å². The second kappa shape index (κ2) is 16.3. The van der Waals surface area contributed by atoms with Crippen LogP contribution in [0.25, 0.3) is 0 Å². The van der Waals surface area contributed by atoms with Crippen LogP contribution < -0.4 is 19.1 Å². The predicted octanol–water partition coefficient (Wildman–Crippen LogP) is 5.86. The highest BCUT2D eigenvalue weighted by Gasteiger charge is 2.30. The summed E-state index contributed by atoms with van der Waals surface area (Å²) >= 11 is 0. The summed E-state index contributed by atoms with van der Waals surface area (Å²) < 4.78 is 48.7. The average Bonchev–Trinajstić information content (AvgIpc) is 3.02. The van der Waals surface area contributed by atoms with Crippen LogP contribution in [0.3, 0.4) is 0 Å². The number of hydrogen-bond acceptors (Lipinski definition) is 12. The van der Waals surface area contributed by atoms with Gasteiger partial charge in [-0.2, -0.15) is 18.4 Å². The van der Waals surface area contributed by atoms with E-state index in [9.17, 15) is 23.1 Å². The van der Waals surface area contributed by atoms with Crippen molar-refractivity contribution in [1.82, 2.24) is 14.9 Å². The fraction of sp³-hybridized carbons (Fsp3) is 0.455. The van der Waals surface area contributed by atoms with E-state index in [0.29, 0.717) is 11.2 Å². The molecule has 48 heavy (non-hydrogen) atoms. The molecule has 0 aliphatic carbocycles. The van der Waals surface area contributed by atoms with E-state index in [1.165, 1.54) is 24.5 Å². The molecule has 1 saturated heterocycles. The van der Waals surface area contributed by atoms with E-state index in [0.717, 1.165) is 0 Å². The molecule has 1 unspecified atom stereocenters. The third kappa shape index (κ3) is 11.1. The Morgan fingerprint density at radius 1 is 0.896 bits per heavy atom. The fourth-order valence-corrected chi connectivity index (χ4v) is 4.50. The second-order valence-corrected chi connectivity index (χ2v) is 13.3. The molecule has 4 rings (SSSR count).